The van der Waals surface area contributed by atoms with Gasteiger partial charge in [0, 0.05) is 18.2 Å². The van der Waals surface area contributed by atoms with Crippen LogP contribution in [0.1, 0.15) is 107 Å². The van der Waals surface area contributed by atoms with Crippen molar-refractivity contribution in [2.24, 2.45) is 11.8 Å². The fraction of sp³-hybridized carbons (Fsp3) is 0.704. The molecule has 3 nitrogen and oxygen atoms in total. The maximum Gasteiger partial charge on any atom is 0.306 e. The Bertz CT molecular complexity index is 670. The Balaban J connectivity index is 1.50. The first-order valence-electron chi connectivity index (χ1n) is 12.4. The molecule has 172 valence electrons. The summed E-state index contributed by atoms with van der Waals surface area (Å²) in [7, 11) is 0. The van der Waals surface area contributed by atoms with Gasteiger partial charge in [0.2, 0.25) is 0 Å². The minimum absolute atomic E-state index is 0.0248. The van der Waals surface area contributed by atoms with Gasteiger partial charge in [0.05, 0.1) is 0 Å². The van der Waals surface area contributed by atoms with E-state index in [0.717, 1.165) is 63.2 Å². The maximum atomic E-state index is 12.0. The predicted octanol–water partition coefficient (Wildman–Crippen LogP) is 7.16. The lowest BCUT2D eigenvalue weighted by molar-refractivity contribution is -0.150. The zero-order chi connectivity index (χ0) is 22.1. The van der Waals surface area contributed by atoms with Crippen LogP contribution in [-0.2, 0) is 14.3 Å². The summed E-state index contributed by atoms with van der Waals surface area (Å²) in [6.07, 6.45) is 13.8. The molecular formula is C27H39ClO3. The molecule has 2 fully saturated rings. The Kier molecular flexibility index (Phi) is 9.90. The van der Waals surface area contributed by atoms with E-state index in [2.05, 4.69) is 24.3 Å². The number of hydrogen-bond donors (Lipinski definition) is 0. The summed E-state index contributed by atoms with van der Waals surface area (Å²) in [4.78, 5) is 23.7. The molecule has 0 N–H and O–H groups in total. The molecular weight excluding hydrogens is 408 g/mol. The standard InChI is InChI=1S/C27H39ClO3/c1-2-4-27(30)31-25-16-14-22(15-17-25)21-10-12-24(13-11-21)26(19-29)23-8-6-20(7-9-23)5-3-18-28/h10-13,19-20,22-23,25-26H,2-9,14-18H2,1H3. The van der Waals surface area contributed by atoms with Gasteiger partial charge in [-0.1, -0.05) is 44.0 Å². The number of rotatable bonds is 10. The first-order chi connectivity index (χ1) is 15.1. The van der Waals surface area contributed by atoms with Crippen LogP contribution >= 0.6 is 11.6 Å². The average molecular weight is 447 g/mol. The number of carbonyl (C=O) groups excluding carboxylic acids is 2. The Hall–Kier alpha value is -1.35. The lowest BCUT2D eigenvalue weighted by atomic mass is 9.73. The smallest absolute Gasteiger partial charge is 0.306 e. The number of ether oxygens (including phenoxy) is 1. The third-order valence-corrected chi connectivity index (χ3v) is 7.78. The van der Waals surface area contributed by atoms with E-state index in [0.29, 0.717) is 18.3 Å². The molecule has 31 heavy (non-hydrogen) atoms. The van der Waals surface area contributed by atoms with Crippen LogP contribution in [0.2, 0.25) is 0 Å². The fourth-order valence-corrected chi connectivity index (χ4v) is 5.77. The van der Waals surface area contributed by atoms with Crippen molar-refractivity contribution in [3.8, 4) is 0 Å². The van der Waals surface area contributed by atoms with Gasteiger partial charge in [-0.25, -0.2) is 0 Å². The van der Waals surface area contributed by atoms with Gasteiger partial charge in [-0.15, -0.1) is 11.6 Å². The van der Waals surface area contributed by atoms with Crippen molar-refractivity contribution in [1.29, 1.82) is 0 Å². The zero-order valence-electron chi connectivity index (χ0n) is 19.1. The lowest BCUT2D eigenvalue weighted by Gasteiger charge is -2.32. The third kappa shape index (κ3) is 7.07. The number of benzene rings is 1. The van der Waals surface area contributed by atoms with Crippen molar-refractivity contribution in [3.05, 3.63) is 35.4 Å². The number of aldehydes is 1. The van der Waals surface area contributed by atoms with E-state index in [1.165, 1.54) is 36.7 Å². The van der Waals surface area contributed by atoms with Crippen LogP contribution in [0.15, 0.2) is 24.3 Å². The van der Waals surface area contributed by atoms with Crippen LogP contribution in [0.25, 0.3) is 0 Å². The molecule has 0 amide bonds. The van der Waals surface area contributed by atoms with Crippen molar-refractivity contribution in [1.82, 2.24) is 0 Å². The quantitative estimate of drug-likeness (QED) is 0.217. The van der Waals surface area contributed by atoms with Gasteiger partial charge >= 0.3 is 5.97 Å². The van der Waals surface area contributed by atoms with E-state index in [1.807, 2.05) is 6.92 Å². The molecule has 0 spiro atoms. The second-order valence-corrected chi connectivity index (χ2v) is 10.0. The van der Waals surface area contributed by atoms with Crippen molar-refractivity contribution >= 4 is 23.9 Å². The molecule has 2 aliphatic carbocycles. The number of carbonyl (C=O) groups is 2. The Morgan fingerprint density at radius 3 is 2.32 bits per heavy atom. The second-order valence-electron chi connectivity index (χ2n) is 9.65. The molecule has 0 saturated heterocycles. The van der Waals surface area contributed by atoms with Crippen LogP contribution in [0.5, 0.6) is 0 Å². The highest BCUT2D eigenvalue weighted by molar-refractivity contribution is 6.17. The second kappa shape index (κ2) is 12.6. The normalized spacial score (nSPS) is 27.4. The van der Waals surface area contributed by atoms with Crippen LogP contribution in [0.3, 0.4) is 0 Å². The van der Waals surface area contributed by atoms with Gasteiger partial charge in [0.1, 0.15) is 12.4 Å². The number of alkyl halides is 1. The summed E-state index contributed by atoms with van der Waals surface area (Å²) in [5.74, 6) is 2.53. The van der Waals surface area contributed by atoms with E-state index in [9.17, 15) is 9.59 Å². The van der Waals surface area contributed by atoms with E-state index in [-0.39, 0.29) is 18.0 Å². The van der Waals surface area contributed by atoms with Crippen LogP contribution in [-0.4, -0.2) is 24.2 Å². The molecule has 0 bridgehead atoms. The van der Waals surface area contributed by atoms with Crippen molar-refractivity contribution < 1.29 is 14.3 Å². The zero-order valence-corrected chi connectivity index (χ0v) is 19.8. The monoisotopic (exact) mass is 446 g/mol. The number of hydrogen-bond acceptors (Lipinski definition) is 3. The molecule has 1 atom stereocenters. The summed E-state index contributed by atoms with van der Waals surface area (Å²) >= 11 is 5.84. The molecule has 1 unspecified atom stereocenters. The minimum Gasteiger partial charge on any atom is -0.462 e. The SMILES string of the molecule is CCCC(=O)OC1CCC(c2ccc(C(C=O)C3CCC(CCCCl)CC3)cc2)CC1. The Morgan fingerprint density at radius 2 is 1.74 bits per heavy atom. The summed E-state index contributed by atoms with van der Waals surface area (Å²) in [5.41, 5.74) is 2.53. The molecule has 0 aliphatic heterocycles. The predicted molar refractivity (Wildman–Crippen MR) is 127 cm³/mol. The van der Waals surface area contributed by atoms with Crippen LogP contribution in [0, 0.1) is 11.8 Å². The van der Waals surface area contributed by atoms with E-state index < -0.39 is 0 Å². The summed E-state index contributed by atoms with van der Waals surface area (Å²) in [6, 6.07) is 8.82. The molecule has 1 aromatic rings. The van der Waals surface area contributed by atoms with Crippen LogP contribution in [0.4, 0.5) is 0 Å². The molecule has 4 heteroatoms. The largest absolute Gasteiger partial charge is 0.462 e. The molecule has 0 aromatic heterocycles. The first kappa shape index (κ1) is 24.3. The van der Waals surface area contributed by atoms with Crippen molar-refractivity contribution in [2.45, 2.75) is 102 Å². The molecule has 0 radical (unpaired) electrons. The Morgan fingerprint density at radius 1 is 1.06 bits per heavy atom. The lowest BCUT2D eigenvalue weighted by Crippen LogP contribution is -2.24. The third-order valence-electron chi connectivity index (χ3n) is 7.51. The molecule has 1 aromatic carbocycles. The summed E-state index contributed by atoms with van der Waals surface area (Å²) in [6.45, 7) is 2.01. The van der Waals surface area contributed by atoms with E-state index in [4.69, 9.17) is 16.3 Å². The van der Waals surface area contributed by atoms with Crippen molar-refractivity contribution in [3.63, 3.8) is 0 Å². The molecule has 3 rings (SSSR count). The van der Waals surface area contributed by atoms with Crippen LogP contribution < -0.4 is 0 Å². The summed E-state index contributed by atoms with van der Waals surface area (Å²) in [5, 5.41) is 0. The van der Waals surface area contributed by atoms with E-state index >= 15 is 0 Å². The highest BCUT2D eigenvalue weighted by atomic mass is 35.5. The average Bonchev–Trinajstić information content (AvgIpc) is 2.80. The first-order valence-corrected chi connectivity index (χ1v) is 13.0. The highest BCUT2D eigenvalue weighted by Gasteiger charge is 2.29. The number of halogens is 1. The molecule has 0 heterocycles. The van der Waals surface area contributed by atoms with E-state index in [1.54, 1.807) is 0 Å². The number of esters is 1. The van der Waals surface area contributed by atoms with Crippen molar-refractivity contribution in [2.75, 3.05) is 5.88 Å². The van der Waals surface area contributed by atoms with Gasteiger partial charge in [0.25, 0.3) is 0 Å². The van der Waals surface area contributed by atoms with Gasteiger partial charge < -0.3 is 9.53 Å². The highest BCUT2D eigenvalue weighted by Crippen LogP contribution is 2.40. The maximum absolute atomic E-state index is 12.0. The van der Waals surface area contributed by atoms with Gasteiger partial charge in [-0.2, -0.15) is 0 Å². The van der Waals surface area contributed by atoms with Gasteiger partial charge in [-0.05, 0) is 86.7 Å². The van der Waals surface area contributed by atoms with Gasteiger partial charge in [0.15, 0.2) is 0 Å². The molecule has 2 saturated carbocycles. The topological polar surface area (TPSA) is 43.4 Å². The fourth-order valence-electron chi connectivity index (χ4n) is 5.62. The molecule has 2 aliphatic rings. The van der Waals surface area contributed by atoms with Gasteiger partial charge in [-0.3, -0.25) is 4.79 Å². The Labute approximate surface area is 193 Å². The summed E-state index contributed by atoms with van der Waals surface area (Å²) < 4.78 is 5.59. The minimum atomic E-state index is -0.0525.